The number of piperidine rings is 1. The number of aliphatic imine (C=N–C) groups is 1. The number of anilines is 1. The van der Waals surface area contributed by atoms with Crippen molar-refractivity contribution in [1.82, 2.24) is 10.6 Å². The van der Waals surface area contributed by atoms with Gasteiger partial charge in [0.15, 0.2) is 5.96 Å². The molecule has 0 bridgehead atoms. The predicted molar refractivity (Wildman–Crippen MR) is 126 cm³/mol. The van der Waals surface area contributed by atoms with Crippen LogP contribution in [-0.4, -0.2) is 36.8 Å². The molecule has 6 heteroatoms. The average molecular weight is 427 g/mol. The van der Waals surface area contributed by atoms with Crippen molar-refractivity contribution in [3.8, 4) is 0 Å². The minimum absolute atomic E-state index is 0.109. The van der Waals surface area contributed by atoms with E-state index >= 15 is 0 Å². The molecule has 1 atom stereocenters. The molecule has 1 unspecified atom stereocenters. The first-order valence-corrected chi connectivity index (χ1v) is 11.3. The Hall–Kier alpha value is -2.60. The zero-order valence-corrected chi connectivity index (χ0v) is 18.9. The second-order valence-corrected chi connectivity index (χ2v) is 8.16. The zero-order chi connectivity index (χ0) is 22.2. The number of aliphatic hydroxyl groups excluding tert-OH is 1. The summed E-state index contributed by atoms with van der Waals surface area (Å²) >= 11 is 0. The second-order valence-electron chi connectivity index (χ2n) is 8.16. The van der Waals surface area contributed by atoms with Crippen LogP contribution in [0.15, 0.2) is 47.5 Å². The first kappa shape index (κ1) is 23.1. The summed E-state index contributed by atoms with van der Waals surface area (Å²) in [4.78, 5) is 6.66. The number of guanidine groups is 1. The summed E-state index contributed by atoms with van der Waals surface area (Å²) in [6.45, 7) is 8.80. The van der Waals surface area contributed by atoms with Crippen LogP contribution in [0.5, 0.6) is 0 Å². The van der Waals surface area contributed by atoms with E-state index in [1.807, 2.05) is 24.0 Å². The van der Waals surface area contributed by atoms with Gasteiger partial charge in [-0.3, -0.25) is 0 Å². The van der Waals surface area contributed by atoms with Crippen molar-refractivity contribution in [1.29, 1.82) is 0 Å². The van der Waals surface area contributed by atoms with Gasteiger partial charge in [0.1, 0.15) is 5.82 Å². The van der Waals surface area contributed by atoms with E-state index in [1.54, 1.807) is 6.07 Å². The van der Waals surface area contributed by atoms with Crippen LogP contribution in [0.1, 0.15) is 56.3 Å². The second kappa shape index (κ2) is 11.1. The highest BCUT2D eigenvalue weighted by molar-refractivity contribution is 5.80. The van der Waals surface area contributed by atoms with Gasteiger partial charge in [0.25, 0.3) is 0 Å². The molecule has 0 aliphatic carbocycles. The van der Waals surface area contributed by atoms with Gasteiger partial charge in [-0.05, 0) is 61.9 Å². The summed E-state index contributed by atoms with van der Waals surface area (Å²) in [5, 5.41) is 16.4. The maximum absolute atomic E-state index is 14.7. The van der Waals surface area contributed by atoms with Gasteiger partial charge < -0.3 is 20.6 Å². The Balaban J connectivity index is 1.64. The van der Waals surface area contributed by atoms with E-state index in [1.165, 1.54) is 11.1 Å². The Kier molecular flexibility index (Phi) is 8.29. The summed E-state index contributed by atoms with van der Waals surface area (Å²) in [6.07, 6.45) is 2.13. The van der Waals surface area contributed by atoms with E-state index in [2.05, 4.69) is 53.7 Å². The molecule has 5 nitrogen and oxygen atoms in total. The van der Waals surface area contributed by atoms with Gasteiger partial charge in [0.2, 0.25) is 0 Å². The smallest absolute Gasteiger partial charge is 0.192 e. The maximum Gasteiger partial charge on any atom is 0.192 e. The highest BCUT2D eigenvalue weighted by Crippen LogP contribution is 2.24. The fourth-order valence-corrected chi connectivity index (χ4v) is 3.83. The third-order valence-corrected chi connectivity index (χ3v) is 5.82. The third kappa shape index (κ3) is 6.44. The molecule has 1 aliphatic heterocycles. The van der Waals surface area contributed by atoms with Crippen LogP contribution in [0.2, 0.25) is 0 Å². The Bertz CT molecular complexity index is 860. The highest BCUT2D eigenvalue weighted by Gasteiger charge is 2.19. The van der Waals surface area contributed by atoms with Crippen molar-refractivity contribution in [3.63, 3.8) is 0 Å². The molecule has 0 radical (unpaired) electrons. The number of rotatable bonds is 7. The highest BCUT2D eigenvalue weighted by atomic mass is 19.1. The molecule has 0 saturated carbocycles. The molecule has 1 fully saturated rings. The van der Waals surface area contributed by atoms with Crippen molar-refractivity contribution >= 4 is 11.6 Å². The van der Waals surface area contributed by atoms with Crippen LogP contribution >= 0.6 is 0 Å². The average Bonchev–Trinajstić information content (AvgIpc) is 2.78. The lowest BCUT2D eigenvalue weighted by Crippen LogP contribution is -2.38. The molecule has 0 aromatic heterocycles. The van der Waals surface area contributed by atoms with Gasteiger partial charge in [0.05, 0.1) is 24.4 Å². The molecule has 168 valence electrons. The van der Waals surface area contributed by atoms with Gasteiger partial charge >= 0.3 is 0 Å². The van der Waals surface area contributed by atoms with Crippen LogP contribution in [0, 0.1) is 5.82 Å². The van der Waals surface area contributed by atoms with E-state index in [-0.39, 0.29) is 18.0 Å². The molecule has 2 aromatic carbocycles. The van der Waals surface area contributed by atoms with Crippen molar-refractivity contribution in [2.45, 2.75) is 58.7 Å². The van der Waals surface area contributed by atoms with E-state index in [9.17, 15) is 9.50 Å². The van der Waals surface area contributed by atoms with Gasteiger partial charge in [-0.2, -0.15) is 0 Å². The Morgan fingerprint density at radius 1 is 1.13 bits per heavy atom. The molecule has 3 N–H and O–H groups in total. The molecular weight excluding hydrogens is 391 g/mol. The number of nitrogens with zero attached hydrogens (tertiary/aromatic N) is 2. The number of nitrogens with one attached hydrogen (secondary N) is 2. The summed E-state index contributed by atoms with van der Waals surface area (Å²) < 4.78 is 14.7. The Morgan fingerprint density at radius 2 is 1.81 bits per heavy atom. The number of hydrogen-bond acceptors (Lipinski definition) is 3. The molecule has 1 aliphatic rings. The number of aryl methyl sites for hydroxylation is 1. The molecular formula is C25H35FN4O. The minimum Gasteiger partial charge on any atom is -0.393 e. The quantitative estimate of drug-likeness (QED) is 0.460. The molecule has 0 amide bonds. The van der Waals surface area contributed by atoms with Crippen LogP contribution in [-0.2, 0) is 13.0 Å². The number of aliphatic hydroxyl groups is 1. The van der Waals surface area contributed by atoms with E-state index in [4.69, 9.17) is 0 Å². The zero-order valence-electron chi connectivity index (χ0n) is 18.9. The molecule has 1 heterocycles. The van der Waals surface area contributed by atoms with Gasteiger partial charge in [-0.15, -0.1) is 0 Å². The number of benzene rings is 2. The first-order chi connectivity index (χ1) is 15.0. The van der Waals surface area contributed by atoms with Crippen LogP contribution < -0.4 is 15.5 Å². The summed E-state index contributed by atoms with van der Waals surface area (Å²) in [5.41, 5.74) is 3.96. The number of halogens is 1. The number of hydrogen-bond donors (Lipinski definition) is 3. The predicted octanol–water partition coefficient (Wildman–Crippen LogP) is 4.17. The van der Waals surface area contributed by atoms with Gasteiger partial charge in [-0.25, -0.2) is 9.38 Å². The monoisotopic (exact) mass is 426 g/mol. The SMILES string of the molecule is CCNC(=NCc1ccc(N2CCC(O)CC2)c(F)c1)NC(C)c1ccc(CC)cc1. The third-order valence-electron chi connectivity index (χ3n) is 5.82. The fourth-order valence-electron chi connectivity index (χ4n) is 3.83. The first-order valence-electron chi connectivity index (χ1n) is 11.3. The van der Waals surface area contributed by atoms with E-state index in [0.717, 1.165) is 18.5 Å². The Morgan fingerprint density at radius 3 is 2.42 bits per heavy atom. The fraction of sp³-hybridized carbons (Fsp3) is 0.480. The van der Waals surface area contributed by atoms with E-state index < -0.39 is 0 Å². The minimum atomic E-state index is -0.267. The van der Waals surface area contributed by atoms with Gasteiger partial charge in [-0.1, -0.05) is 37.3 Å². The molecule has 0 spiro atoms. The molecule has 31 heavy (non-hydrogen) atoms. The standard InChI is InChI=1S/C25H35FN4O/c1-4-19-6-9-21(10-7-19)18(3)29-25(27-5-2)28-17-20-8-11-24(23(26)16-20)30-14-12-22(31)13-15-30/h6-11,16,18,22,31H,4-5,12-15,17H2,1-3H3,(H2,27,28,29). The lowest BCUT2D eigenvalue weighted by Gasteiger charge is -2.31. The van der Waals surface area contributed by atoms with Crippen LogP contribution in [0.3, 0.4) is 0 Å². The van der Waals surface area contributed by atoms with Crippen molar-refractivity contribution in [3.05, 3.63) is 65.0 Å². The summed E-state index contributed by atoms with van der Waals surface area (Å²) in [7, 11) is 0. The lowest BCUT2D eigenvalue weighted by molar-refractivity contribution is 0.145. The molecule has 1 saturated heterocycles. The topological polar surface area (TPSA) is 59.9 Å². The normalized spacial score (nSPS) is 16.3. The molecule has 2 aromatic rings. The molecule has 3 rings (SSSR count). The summed E-state index contributed by atoms with van der Waals surface area (Å²) in [6, 6.07) is 14.1. The maximum atomic E-state index is 14.7. The van der Waals surface area contributed by atoms with Crippen LogP contribution in [0.25, 0.3) is 0 Å². The van der Waals surface area contributed by atoms with Gasteiger partial charge in [0, 0.05) is 19.6 Å². The lowest BCUT2D eigenvalue weighted by atomic mass is 10.1. The van der Waals surface area contributed by atoms with Crippen molar-refractivity contribution < 1.29 is 9.50 Å². The van der Waals surface area contributed by atoms with E-state index in [0.29, 0.717) is 44.1 Å². The Labute approximate surface area is 185 Å². The largest absolute Gasteiger partial charge is 0.393 e. The summed E-state index contributed by atoms with van der Waals surface area (Å²) in [5.74, 6) is 0.482. The van der Waals surface area contributed by atoms with Crippen molar-refractivity contribution in [2.75, 3.05) is 24.5 Å². The van der Waals surface area contributed by atoms with Crippen LogP contribution in [0.4, 0.5) is 10.1 Å². The van der Waals surface area contributed by atoms with Crippen molar-refractivity contribution in [2.24, 2.45) is 4.99 Å².